The molecule has 6 heteroatoms. The number of carbonyl (C=O) groups excluding carboxylic acids is 3. The van der Waals surface area contributed by atoms with E-state index in [0.717, 1.165) is 180 Å². The smallest absolute Gasteiger partial charge is 0.306 e. The van der Waals surface area contributed by atoms with Crippen LogP contribution in [0.4, 0.5) is 0 Å². The van der Waals surface area contributed by atoms with Gasteiger partial charge in [0, 0.05) is 19.3 Å². The number of allylic oxidation sites excluding steroid dienone is 32. The van der Waals surface area contributed by atoms with Crippen LogP contribution < -0.4 is 0 Å². The van der Waals surface area contributed by atoms with E-state index in [1.54, 1.807) is 0 Å². The van der Waals surface area contributed by atoms with Gasteiger partial charge >= 0.3 is 17.9 Å². The van der Waals surface area contributed by atoms with Gasteiger partial charge in [-0.2, -0.15) is 0 Å². The van der Waals surface area contributed by atoms with Crippen LogP contribution in [0.15, 0.2) is 194 Å². The first-order chi connectivity index (χ1) is 41.0. The Morgan fingerprint density at radius 2 is 0.470 bits per heavy atom. The van der Waals surface area contributed by atoms with Gasteiger partial charge in [0.05, 0.1) is 0 Å². The monoisotopic (exact) mass is 1140 g/mol. The van der Waals surface area contributed by atoms with E-state index >= 15 is 0 Å². The number of carbonyl (C=O) groups is 3. The first-order valence-corrected chi connectivity index (χ1v) is 32.9. The second-order valence-corrected chi connectivity index (χ2v) is 20.9. The Morgan fingerprint density at radius 3 is 0.747 bits per heavy atom. The van der Waals surface area contributed by atoms with Crippen molar-refractivity contribution in [3.05, 3.63) is 194 Å². The topological polar surface area (TPSA) is 78.9 Å². The van der Waals surface area contributed by atoms with Crippen LogP contribution in [-0.2, 0) is 28.6 Å². The van der Waals surface area contributed by atoms with E-state index in [9.17, 15) is 14.4 Å². The van der Waals surface area contributed by atoms with Gasteiger partial charge in [-0.25, -0.2) is 0 Å². The normalized spacial score (nSPS) is 13.4. The van der Waals surface area contributed by atoms with Crippen LogP contribution in [0.25, 0.3) is 0 Å². The quantitative estimate of drug-likeness (QED) is 0.0261. The van der Waals surface area contributed by atoms with Crippen molar-refractivity contribution in [1.82, 2.24) is 0 Å². The number of esters is 3. The van der Waals surface area contributed by atoms with Crippen LogP contribution in [0.5, 0.6) is 0 Å². The van der Waals surface area contributed by atoms with E-state index in [1.807, 2.05) is 0 Å². The van der Waals surface area contributed by atoms with Crippen LogP contribution in [0, 0.1) is 0 Å². The fourth-order valence-corrected chi connectivity index (χ4v) is 8.20. The van der Waals surface area contributed by atoms with E-state index < -0.39 is 6.10 Å². The molecule has 83 heavy (non-hydrogen) atoms. The predicted octanol–water partition coefficient (Wildman–Crippen LogP) is 23.0. The first-order valence-electron chi connectivity index (χ1n) is 32.9. The third-order valence-electron chi connectivity index (χ3n) is 13.1. The maximum Gasteiger partial charge on any atom is 0.306 e. The molecule has 0 N–H and O–H groups in total. The van der Waals surface area contributed by atoms with Crippen molar-refractivity contribution in [2.24, 2.45) is 0 Å². The molecule has 1 atom stereocenters. The second kappa shape index (κ2) is 68.7. The number of unbranched alkanes of at least 4 members (excludes halogenated alkanes) is 14. The highest BCUT2D eigenvalue weighted by molar-refractivity contribution is 5.71. The lowest BCUT2D eigenvalue weighted by Crippen LogP contribution is -2.30. The third-order valence-corrected chi connectivity index (χ3v) is 13.1. The number of hydrogen-bond donors (Lipinski definition) is 0. The number of ether oxygens (including phenoxy) is 3. The molecule has 0 aliphatic rings. The Hall–Kier alpha value is -5.75. The minimum atomic E-state index is -0.830. The molecule has 0 aromatic rings. The second-order valence-electron chi connectivity index (χ2n) is 20.9. The molecule has 0 rings (SSSR count). The van der Waals surface area contributed by atoms with Crippen molar-refractivity contribution in [3.63, 3.8) is 0 Å². The molecule has 0 saturated carbocycles. The molecule has 0 radical (unpaired) electrons. The lowest BCUT2D eigenvalue weighted by atomic mass is 10.1. The fraction of sp³-hybridized carbons (Fsp3) is 0.545. The van der Waals surface area contributed by atoms with Crippen LogP contribution in [0.2, 0.25) is 0 Å². The van der Waals surface area contributed by atoms with E-state index in [1.165, 1.54) is 25.7 Å². The number of hydrogen-bond acceptors (Lipinski definition) is 6. The Kier molecular flexibility index (Phi) is 64.0. The van der Waals surface area contributed by atoms with Crippen molar-refractivity contribution in [1.29, 1.82) is 0 Å². The summed E-state index contributed by atoms with van der Waals surface area (Å²) in [6.07, 6.45) is 104. The Balaban J connectivity index is 4.57. The zero-order valence-corrected chi connectivity index (χ0v) is 52.9. The lowest BCUT2D eigenvalue weighted by Gasteiger charge is -2.18. The zero-order chi connectivity index (χ0) is 59.9. The Labute approximate surface area is 509 Å². The van der Waals surface area contributed by atoms with Gasteiger partial charge < -0.3 is 14.2 Å². The van der Waals surface area contributed by atoms with Gasteiger partial charge in [0.25, 0.3) is 0 Å². The predicted molar refractivity (Wildman–Crippen MR) is 361 cm³/mol. The molecule has 0 aromatic carbocycles. The Morgan fingerprint density at radius 1 is 0.253 bits per heavy atom. The van der Waals surface area contributed by atoms with E-state index in [0.29, 0.717) is 19.3 Å². The van der Waals surface area contributed by atoms with Crippen LogP contribution >= 0.6 is 0 Å². The molecule has 0 fully saturated rings. The minimum absolute atomic E-state index is 0.120. The molecule has 0 aliphatic heterocycles. The van der Waals surface area contributed by atoms with E-state index in [-0.39, 0.29) is 37.5 Å². The van der Waals surface area contributed by atoms with Crippen molar-refractivity contribution >= 4 is 17.9 Å². The summed E-state index contributed by atoms with van der Waals surface area (Å²) in [6.45, 7) is 6.31. The molecule has 0 aromatic heterocycles. The van der Waals surface area contributed by atoms with Gasteiger partial charge in [0.15, 0.2) is 6.10 Å². The molecule has 0 aliphatic carbocycles. The molecular formula is C77H118O6. The van der Waals surface area contributed by atoms with E-state index in [4.69, 9.17) is 14.2 Å². The van der Waals surface area contributed by atoms with Gasteiger partial charge in [0.2, 0.25) is 0 Å². The van der Waals surface area contributed by atoms with Gasteiger partial charge in [-0.15, -0.1) is 0 Å². The molecule has 6 nitrogen and oxygen atoms in total. The van der Waals surface area contributed by atoms with Crippen molar-refractivity contribution in [2.45, 2.75) is 258 Å². The summed E-state index contributed by atoms with van der Waals surface area (Å²) >= 11 is 0. The minimum Gasteiger partial charge on any atom is -0.462 e. The highest BCUT2D eigenvalue weighted by Gasteiger charge is 2.19. The maximum absolute atomic E-state index is 12.9. The first kappa shape index (κ1) is 77.2. The lowest BCUT2D eigenvalue weighted by molar-refractivity contribution is -0.167. The van der Waals surface area contributed by atoms with Gasteiger partial charge in [-0.1, -0.05) is 260 Å². The highest BCUT2D eigenvalue weighted by Crippen LogP contribution is 2.13. The van der Waals surface area contributed by atoms with Crippen molar-refractivity contribution < 1.29 is 28.6 Å². The fourth-order valence-electron chi connectivity index (χ4n) is 8.20. The van der Waals surface area contributed by atoms with Gasteiger partial charge in [0.1, 0.15) is 13.2 Å². The largest absolute Gasteiger partial charge is 0.462 e. The summed E-state index contributed by atoms with van der Waals surface area (Å²) in [5.74, 6) is -1.01. The van der Waals surface area contributed by atoms with Crippen LogP contribution in [-0.4, -0.2) is 37.2 Å². The summed E-state index contributed by atoms with van der Waals surface area (Å²) in [5, 5.41) is 0. The molecule has 0 bridgehead atoms. The zero-order valence-electron chi connectivity index (χ0n) is 52.9. The molecule has 462 valence electrons. The van der Waals surface area contributed by atoms with E-state index in [2.05, 4.69) is 215 Å². The molecular weight excluding hydrogens is 1020 g/mol. The molecule has 1 unspecified atom stereocenters. The van der Waals surface area contributed by atoms with Crippen molar-refractivity contribution in [3.8, 4) is 0 Å². The summed E-state index contributed by atoms with van der Waals surface area (Å²) in [5.41, 5.74) is 0. The maximum atomic E-state index is 12.9. The number of rotatable bonds is 57. The summed E-state index contributed by atoms with van der Waals surface area (Å²) in [7, 11) is 0. The van der Waals surface area contributed by atoms with Gasteiger partial charge in [-0.3, -0.25) is 14.4 Å². The third kappa shape index (κ3) is 66.9. The average Bonchev–Trinajstić information content (AvgIpc) is 3.49. The SMILES string of the molecule is CC/C=C\C/C=C\C/C=C\C/C=C\C/C=C\C/C=C\C/C=C\CCCCCC(=O)OCC(COC(=O)CCCCCCC/C=C\C/C=C\CCCCC)OC(=O)CCCCC/C=C\C/C=C\C/C=C\C/C=C\C/C=C\C/C=C\C/C=C\CC. The van der Waals surface area contributed by atoms with Crippen molar-refractivity contribution in [2.75, 3.05) is 13.2 Å². The Bertz CT molecular complexity index is 1990. The average molecular weight is 1140 g/mol. The summed E-state index contributed by atoms with van der Waals surface area (Å²) < 4.78 is 16.9. The summed E-state index contributed by atoms with van der Waals surface area (Å²) in [6, 6.07) is 0. The molecule has 0 amide bonds. The standard InChI is InChI=1S/C77H118O6/c1-4-7-10-13-16-19-22-25-28-30-32-34-36-38-40-42-44-46-49-52-55-58-61-64-67-70-76(79)82-73-74(72-81-75(78)69-66-63-60-57-54-51-48-27-24-21-18-15-12-9-6-3)83-77(80)71-68-65-62-59-56-53-50-47-45-43-41-39-37-35-33-31-29-26-23-20-17-14-11-8-5-2/h7-8,10-11,16-21,25-29,32-35,38-41,44-48,52-53,55-56,74H,4-6,9,12-15,22-24,30-31,36-37,42-43,49-51,54,57-73H2,1-3H3/b10-7-,11-8-,19-16-,20-17-,21-18-,28-25-,29-26-,34-32-,35-33-,40-38-,41-39-,46-44-,47-45-,48-27-,55-52-,56-53-. The highest BCUT2D eigenvalue weighted by atomic mass is 16.6. The van der Waals surface area contributed by atoms with Crippen LogP contribution in [0.1, 0.15) is 252 Å². The molecule has 0 spiro atoms. The van der Waals surface area contributed by atoms with Gasteiger partial charge in [-0.05, 0) is 167 Å². The molecule has 0 saturated heterocycles. The van der Waals surface area contributed by atoms with Crippen LogP contribution in [0.3, 0.4) is 0 Å². The summed E-state index contributed by atoms with van der Waals surface area (Å²) in [4.78, 5) is 38.4. The molecule has 0 heterocycles.